The van der Waals surface area contributed by atoms with Gasteiger partial charge in [0.05, 0.1) is 29.2 Å². The van der Waals surface area contributed by atoms with Crippen LogP contribution in [0, 0.1) is 0 Å². The third-order valence-electron chi connectivity index (χ3n) is 2.95. The van der Waals surface area contributed by atoms with Crippen LogP contribution in [-0.4, -0.2) is 20.1 Å². The molecule has 3 aromatic rings. The molecule has 0 unspecified atom stereocenters. The van der Waals surface area contributed by atoms with E-state index in [1.807, 2.05) is 0 Å². The zero-order chi connectivity index (χ0) is 15.0. The molecule has 0 aromatic carbocycles. The van der Waals surface area contributed by atoms with Crippen molar-refractivity contribution >= 4 is 10.9 Å². The van der Waals surface area contributed by atoms with Crippen molar-refractivity contribution < 1.29 is 18.3 Å². The summed E-state index contributed by atoms with van der Waals surface area (Å²) in [7, 11) is 0. The number of aromatic hydroxyl groups is 1. The summed E-state index contributed by atoms with van der Waals surface area (Å²) in [5.41, 5.74) is -0.741. The Hall–Kier alpha value is -2.70. The number of halogens is 3. The SMILES string of the molecule is Oc1cncc2nc(-c3ncccc3C(F)(F)F)ccc12. The zero-order valence-electron chi connectivity index (χ0n) is 10.5. The molecule has 0 aliphatic heterocycles. The fraction of sp³-hybridized carbons (Fsp3) is 0.0714. The minimum atomic E-state index is -4.52. The first-order valence-corrected chi connectivity index (χ1v) is 5.93. The van der Waals surface area contributed by atoms with Crippen molar-refractivity contribution in [3.05, 3.63) is 48.4 Å². The lowest BCUT2D eigenvalue weighted by molar-refractivity contribution is -0.137. The van der Waals surface area contributed by atoms with Crippen LogP contribution >= 0.6 is 0 Å². The summed E-state index contributed by atoms with van der Waals surface area (Å²) >= 11 is 0. The van der Waals surface area contributed by atoms with Gasteiger partial charge in [-0.15, -0.1) is 0 Å². The normalized spacial score (nSPS) is 11.8. The average Bonchev–Trinajstić information content (AvgIpc) is 2.46. The molecule has 0 bridgehead atoms. The van der Waals surface area contributed by atoms with Crippen molar-refractivity contribution in [1.29, 1.82) is 0 Å². The van der Waals surface area contributed by atoms with Crippen LogP contribution in [0.3, 0.4) is 0 Å². The topological polar surface area (TPSA) is 58.9 Å². The summed E-state index contributed by atoms with van der Waals surface area (Å²) in [6.45, 7) is 0. The van der Waals surface area contributed by atoms with Crippen LogP contribution in [0.1, 0.15) is 5.56 Å². The molecule has 7 heteroatoms. The van der Waals surface area contributed by atoms with Gasteiger partial charge in [-0.3, -0.25) is 9.97 Å². The molecule has 0 spiro atoms. The minimum Gasteiger partial charge on any atom is -0.506 e. The summed E-state index contributed by atoms with van der Waals surface area (Å²) in [5.74, 6) is -0.0800. The number of rotatable bonds is 1. The number of nitrogens with zero attached hydrogens (tertiary/aromatic N) is 3. The summed E-state index contributed by atoms with van der Waals surface area (Å²) in [4.78, 5) is 11.6. The van der Waals surface area contributed by atoms with Gasteiger partial charge in [0, 0.05) is 11.6 Å². The molecular weight excluding hydrogens is 283 g/mol. The molecule has 0 aliphatic rings. The monoisotopic (exact) mass is 291 g/mol. The van der Waals surface area contributed by atoms with Crippen LogP contribution in [0.25, 0.3) is 22.3 Å². The van der Waals surface area contributed by atoms with Crippen LogP contribution < -0.4 is 0 Å². The molecular formula is C14H8F3N3O. The van der Waals surface area contributed by atoms with E-state index < -0.39 is 11.7 Å². The van der Waals surface area contributed by atoms with Gasteiger partial charge in [-0.2, -0.15) is 13.2 Å². The lowest BCUT2D eigenvalue weighted by Gasteiger charge is -2.11. The Kier molecular flexibility index (Phi) is 2.97. The predicted molar refractivity (Wildman–Crippen MR) is 69.4 cm³/mol. The van der Waals surface area contributed by atoms with Gasteiger partial charge in [0.1, 0.15) is 11.4 Å². The number of alkyl halides is 3. The molecule has 106 valence electrons. The van der Waals surface area contributed by atoms with Gasteiger partial charge in [-0.05, 0) is 24.3 Å². The highest BCUT2D eigenvalue weighted by molar-refractivity contribution is 5.85. The molecule has 0 atom stereocenters. The van der Waals surface area contributed by atoms with E-state index in [0.717, 1.165) is 6.07 Å². The third kappa shape index (κ3) is 2.37. The van der Waals surface area contributed by atoms with Crippen LogP contribution in [0.5, 0.6) is 5.75 Å². The molecule has 21 heavy (non-hydrogen) atoms. The van der Waals surface area contributed by atoms with Crippen LogP contribution in [-0.2, 0) is 6.18 Å². The number of hydrogen-bond donors (Lipinski definition) is 1. The van der Waals surface area contributed by atoms with Gasteiger partial charge >= 0.3 is 6.18 Å². The number of pyridine rings is 3. The molecule has 0 amide bonds. The van der Waals surface area contributed by atoms with Crippen molar-refractivity contribution in [2.24, 2.45) is 0 Å². The zero-order valence-corrected chi connectivity index (χ0v) is 10.5. The lowest BCUT2D eigenvalue weighted by Crippen LogP contribution is -2.08. The van der Waals surface area contributed by atoms with Crippen LogP contribution in [0.2, 0.25) is 0 Å². The van der Waals surface area contributed by atoms with Gasteiger partial charge in [-0.25, -0.2) is 4.98 Å². The Morgan fingerprint density at radius 3 is 2.62 bits per heavy atom. The van der Waals surface area contributed by atoms with E-state index in [-0.39, 0.29) is 17.1 Å². The molecule has 3 aromatic heterocycles. The van der Waals surface area contributed by atoms with Crippen molar-refractivity contribution in [3.8, 4) is 17.1 Å². The van der Waals surface area contributed by atoms with E-state index in [1.54, 1.807) is 0 Å². The molecule has 1 N–H and O–H groups in total. The molecule has 0 radical (unpaired) electrons. The highest BCUT2D eigenvalue weighted by atomic mass is 19.4. The van der Waals surface area contributed by atoms with Crippen molar-refractivity contribution in [3.63, 3.8) is 0 Å². The fourth-order valence-electron chi connectivity index (χ4n) is 2.01. The highest BCUT2D eigenvalue weighted by Gasteiger charge is 2.34. The van der Waals surface area contributed by atoms with Crippen molar-refractivity contribution in [1.82, 2.24) is 15.0 Å². The molecule has 3 rings (SSSR count). The maximum Gasteiger partial charge on any atom is 0.418 e. The van der Waals surface area contributed by atoms with E-state index in [2.05, 4.69) is 15.0 Å². The van der Waals surface area contributed by atoms with E-state index in [0.29, 0.717) is 10.9 Å². The third-order valence-corrected chi connectivity index (χ3v) is 2.95. The first-order chi connectivity index (χ1) is 9.97. The number of hydrogen-bond acceptors (Lipinski definition) is 4. The Morgan fingerprint density at radius 2 is 1.86 bits per heavy atom. The Labute approximate surface area is 116 Å². The predicted octanol–water partition coefficient (Wildman–Crippen LogP) is 3.42. The van der Waals surface area contributed by atoms with E-state index in [1.165, 1.54) is 36.8 Å². The first kappa shape index (κ1) is 13.3. The van der Waals surface area contributed by atoms with Crippen LogP contribution in [0.15, 0.2) is 42.9 Å². The fourth-order valence-corrected chi connectivity index (χ4v) is 2.01. The second kappa shape index (κ2) is 4.69. The standard InChI is InChI=1S/C14H8F3N3O/c15-14(16,17)9-2-1-5-19-13(9)10-4-3-8-11(20-10)6-18-7-12(8)21/h1-7,21H. The summed E-state index contributed by atoms with van der Waals surface area (Å²) in [6.07, 6.45) is -0.630. The second-order valence-electron chi connectivity index (χ2n) is 4.32. The average molecular weight is 291 g/mol. The van der Waals surface area contributed by atoms with Crippen molar-refractivity contribution in [2.75, 3.05) is 0 Å². The molecule has 0 saturated heterocycles. The van der Waals surface area contributed by atoms with Gasteiger partial charge < -0.3 is 5.11 Å². The molecule has 0 saturated carbocycles. The highest BCUT2D eigenvalue weighted by Crippen LogP contribution is 2.35. The van der Waals surface area contributed by atoms with E-state index in [4.69, 9.17) is 0 Å². The minimum absolute atomic E-state index is 0.0721. The van der Waals surface area contributed by atoms with Gasteiger partial charge in [0.25, 0.3) is 0 Å². The number of fused-ring (bicyclic) bond motifs is 1. The maximum atomic E-state index is 13.0. The molecule has 0 fully saturated rings. The Bertz CT molecular complexity index is 818. The van der Waals surface area contributed by atoms with E-state index >= 15 is 0 Å². The smallest absolute Gasteiger partial charge is 0.418 e. The summed E-state index contributed by atoms with van der Waals surface area (Å²) in [6, 6.07) is 5.05. The molecule has 0 aliphatic carbocycles. The van der Waals surface area contributed by atoms with Gasteiger partial charge in [-0.1, -0.05) is 0 Å². The molecule has 3 heterocycles. The summed E-state index contributed by atoms with van der Waals surface area (Å²) < 4.78 is 39.0. The van der Waals surface area contributed by atoms with Crippen LogP contribution in [0.4, 0.5) is 13.2 Å². The molecule has 4 nitrogen and oxygen atoms in total. The first-order valence-electron chi connectivity index (χ1n) is 5.93. The Balaban J connectivity index is 2.22. The largest absolute Gasteiger partial charge is 0.506 e. The summed E-state index contributed by atoms with van der Waals surface area (Å²) in [5, 5.41) is 10.0. The number of aromatic nitrogens is 3. The van der Waals surface area contributed by atoms with Gasteiger partial charge in [0.15, 0.2) is 0 Å². The van der Waals surface area contributed by atoms with E-state index in [9.17, 15) is 18.3 Å². The lowest BCUT2D eigenvalue weighted by atomic mass is 10.1. The Morgan fingerprint density at radius 1 is 1.05 bits per heavy atom. The van der Waals surface area contributed by atoms with Gasteiger partial charge in [0.2, 0.25) is 0 Å². The quantitative estimate of drug-likeness (QED) is 0.746. The second-order valence-corrected chi connectivity index (χ2v) is 4.32. The maximum absolute atomic E-state index is 13.0. The van der Waals surface area contributed by atoms with Crippen molar-refractivity contribution in [2.45, 2.75) is 6.18 Å².